The van der Waals surface area contributed by atoms with Crippen LogP contribution in [0.1, 0.15) is 11.4 Å². The van der Waals surface area contributed by atoms with Crippen LogP contribution in [0.4, 0.5) is 0 Å². The van der Waals surface area contributed by atoms with E-state index in [1.165, 1.54) is 11.3 Å². The monoisotopic (exact) mass is 486 g/mol. The van der Waals surface area contributed by atoms with Crippen molar-refractivity contribution in [3.8, 4) is 11.4 Å². The van der Waals surface area contributed by atoms with E-state index in [4.69, 9.17) is 4.74 Å². The molecule has 0 atom stereocenters. The van der Waals surface area contributed by atoms with Crippen molar-refractivity contribution in [3.05, 3.63) is 106 Å². The molecule has 0 unspecified atom stereocenters. The molecule has 0 N–H and O–H groups in total. The van der Waals surface area contributed by atoms with Crippen molar-refractivity contribution in [2.24, 2.45) is 0 Å². The molecular formula is C26H22N4O2S2. The summed E-state index contributed by atoms with van der Waals surface area (Å²) in [5.74, 6) is 2.22. The highest BCUT2D eigenvalue weighted by Gasteiger charge is 2.17. The molecular weight excluding hydrogens is 464 g/mol. The lowest BCUT2D eigenvalue weighted by Crippen LogP contribution is -2.16. The zero-order valence-electron chi connectivity index (χ0n) is 18.5. The first-order valence-electron chi connectivity index (χ1n) is 10.7. The molecule has 0 saturated carbocycles. The van der Waals surface area contributed by atoms with Crippen LogP contribution in [-0.2, 0) is 6.54 Å². The van der Waals surface area contributed by atoms with Crippen molar-refractivity contribution in [1.29, 1.82) is 0 Å². The molecule has 5 aromatic rings. The van der Waals surface area contributed by atoms with Crippen molar-refractivity contribution in [2.75, 3.05) is 12.9 Å². The first-order chi connectivity index (χ1) is 16.7. The second-order valence-corrected chi connectivity index (χ2v) is 9.46. The van der Waals surface area contributed by atoms with Crippen molar-refractivity contribution < 1.29 is 4.74 Å². The lowest BCUT2D eigenvalue weighted by atomic mass is 10.2. The summed E-state index contributed by atoms with van der Waals surface area (Å²) in [6, 6.07) is 25.8. The molecule has 34 heavy (non-hydrogen) atoms. The van der Waals surface area contributed by atoms with Gasteiger partial charge in [0.05, 0.1) is 23.9 Å². The van der Waals surface area contributed by atoms with Gasteiger partial charge in [-0.15, -0.1) is 10.2 Å². The fourth-order valence-corrected chi connectivity index (χ4v) is 5.33. The number of thiazole rings is 1. The summed E-state index contributed by atoms with van der Waals surface area (Å²) < 4.78 is 10.1. The second-order valence-electron chi connectivity index (χ2n) is 7.48. The zero-order valence-corrected chi connectivity index (χ0v) is 20.1. The van der Waals surface area contributed by atoms with Crippen LogP contribution in [0, 0.1) is 0 Å². The smallest absolute Gasteiger partial charge is 0.308 e. The Labute approximate surface area is 205 Å². The predicted octanol–water partition coefficient (Wildman–Crippen LogP) is 5.51. The van der Waals surface area contributed by atoms with Gasteiger partial charge in [0.15, 0.2) is 11.0 Å². The molecule has 8 heteroatoms. The average Bonchev–Trinajstić information content (AvgIpc) is 3.43. The molecule has 0 saturated heterocycles. The highest BCUT2D eigenvalue weighted by Crippen LogP contribution is 2.25. The number of ether oxygens (including phenoxy) is 1. The third kappa shape index (κ3) is 4.69. The quantitative estimate of drug-likeness (QED) is 0.271. The Morgan fingerprint density at radius 2 is 1.74 bits per heavy atom. The number of nitrogens with zero attached hydrogens (tertiary/aromatic N) is 4. The Kier molecular flexibility index (Phi) is 6.60. The van der Waals surface area contributed by atoms with Crippen LogP contribution in [-0.4, -0.2) is 32.2 Å². The fraction of sp³-hybridized carbons (Fsp3) is 0.115. The van der Waals surface area contributed by atoms with Gasteiger partial charge >= 0.3 is 4.87 Å². The largest absolute Gasteiger partial charge is 0.497 e. The first kappa shape index (κ1) is 22.2. The van der Waals surface area contributed by atoms with E-state index in [0.717, 1.165) is 38.1 Å². The van der Waals surface area contributed by atoms with Crippen molar-refractivity contribution in [1.82, 2.24) is 19.3 Å². The van der Waals surface area contributed by atoms with Gasteiger partial charge in [-0.25, -0.2) is 0 Å². The van der Waals surface area contributed by atoms with E-state index in [9.17, 15) is 4.79 Å². The van der Waals surface area contributed by atoms with Crippen molar-refractivity contribution >= 4 is 39.4 Å². The maximum atomic E-state index is 12.7. The summed E-state index contributed by atoms with van der Waals surface area (Å²) in [5.41, 5.74) is 2.98. The third-order valence-corrected chi connectivity index (χ3v) is 7.16. The van der Waals surface area contributed by atoms with Crippen LogP contribution in [0.3, 0.4) is 0 Å². The van der Waals surface area contributed by atoms with Gasteiger partial charge in [0.2, 0.25) is 0 Å². The summed E-state index contributed by atoms with van der Waals surface area (Å²) in [7, 11) is 1.65. The Morgan fingerprint density at radius 1 is 0.971 bits per heavy atom. The van der Waals surface area contributed by atoms with Crippen LogP contribution in [0.25, 0.3) is 22.0 Å². The lowest BCUT2D eigenvalue weighted by Gasteiger charge is -2.11. The van der Waals surface area contributed by atoms with E-state index in [1.54, 1.807) is 23.4 Å². The SMILES string of the molecule is COc1ccc(-n2c(Cn3c(=O)sc4ccccc43)nnc2SCC=Cc2ccccc2)cc1. The summed E-state index contributed by atoms with van der Waals surface area (Å²) in [4.78, 5) is 12.7. The molecule has 170 valence electrons. The molecule has 0 aliphatic heterocycles. The molecule has 0 radical (unpaired) electrons. The van der Waals surface area contributed by atoms with Gasteiger partial charge in [-0.05, 0) is 42.0 Å². The van der Waals surface area contributed by atoms with Gasteiger partial charge < -0.3 is 4.74 Å². The molecule has 5 rings (SSSR count). The summed E-state index contributed by atoms with van der Waals surface area (Å²) in [6.45, 7) is 0.336. The molecule has 0 fully saturated rings. The molecule has 0 aliphatic carbocycles. The van der Waals surface area contributed by atoms with Gasteiger partial charge in [-0.2, -0.15) is 0 Å². The first-order valence-corrected chi connectivity index (χ1v) is 12.5. The minimum absolute atomic E-state index is 0.00882. The number of benzene rings is 3. The number of para-hydroxylation sites is 1. The van der Waals surface area contributed by atoms with Crippen LogP contribution in [0.2, 0.25) is 0 Å². The number of thioether (sulfide) groups is 1. The molecule has 2 heterocycles. The topological polar surface area (TPSA) is 61.9 Å². The van der Waals surface area contributed by atoms with Crippen LogP contribution < -0.4 is 9.61 Å². The van der Waals surface area contributed by atoms with E-state index in [-0.39, 0.29) is 4.87 Å². The lowest BCUT2D eigenvalue weighted by molar-refractivity contribution is 0.414. The summed E-state index contributed by atoms with van der Waals surface area (Å²) in [5, 5.41) is 9.71. The van der Waals surface area contributed by atoms with Crippen LogP contribution >= 0.6 is 23.1 Å². The van der Waals surface area contributed by atoms with Gasteiger partial charge in [-0.1, -0.05) is 77.7 Å². The predicted molar refractivity (Wildman–Crippen MR) is 139 cm³/mol. The fourth-order valence-electron chi connectivity index (χ4n) is 3.66. The summed E-state index contributed by atoms with van der Waals surface area (Å²) in [6.07, 6.45) is 4.21. The minimum Gasteiger partial charge on any atom is -0.497 e. The average molecular weight is 487 g/mol. The highest BCUT2D eigenvalue weighted by molar-refractivity contribution is 7.99. The van der Waals surface area contributed by atoms with E-state index in [1.807, 2.05) is 71.3 Å². The van der Waals surface area contributed by atoms with Gasteiger partial charge in [0.25, 0.3) is 0 Å². The molecule has 0 spiro atoms. The van der Waals surface area contributed by atoms with E-state index >= 15 is 0 Å². The highest BCUT2D eigenvalue weighted by atomic mass is 32.2. The molecule has 0 aliphatic rings. The standard InChI is InChI=1S/C26H22N4O2S2/c1-32-21-15-13-20(14-16-21)30-24(18-29-22-11-5-6-12-23(22)34-26(29)31)27-28-25(30)33-17-7-10-19-8-3-2-4-9-19/h2-16H,17-18H2,1H3. The van der Waals surface area contributed by atoms with Gasteiger partial charge in [0.1, 0.15) is 5.75 Å². The molecule has 6 nitrogen and oxygen atoms in total. The van der Waals surface area contributed by atoms with Gasteiger partial charge in [0, 0.05) is 11.4 Å². The Balaban J connectivity index is 1.47. The number of fused-ring (bicyclic) bond motifs is 1. The van der Waals surface area contributed by atoms with E-state index < -0.39 is 0 Å². The third-order valence-electron chi connectivity index (χ3n) is 5.32. The van der Waals surface area contributed by atoms with Crippen molar-refractivity contribution in [3.63, 3.8) is 0 Å². The summed E-state index contributed by atoms with van der Waals surface area (Å²) >= 11 is 2.84. The Hall–Kier alpha value is -3.62. The molecule has 2 aromatic heterocycles. The van der Waals surface area contributed by atoms with Crippen molar-refractivity contribution in [2.45, 2.75) is 11.7 Å². The number of rotatable bonds is 8. The maximum Gasteiger partial charge on any atom is 0.308 e. The number of methoxy groups -OCH3 is 1. The second kappa shape index (κ2) is 10.1. The minimum atomic E-state index is -0.00882. The number of hydrogen-bond donors (Lipinski definition) is 0. The molecule has 0 bridgehead atoms. The van der Waals surface area contributed by atoms with Crippen LogP contribution in [0.15, 0.2) is 94.9 Å². The number of hydrogen-bond acceptors (Lipinski definition) is 6. The van der Waals surface area contributed by atoms with E-state index in [0.29, 0.717) is 12.4 Å². The maximum absolute atomic E-state index is 12.7. The normalized spacial score (nSPS) is 11.4. The zero-order chi connectivity index (χ0) is 23.3. The Morgan fingerprint density at radius 3 is 2.53 bits per heavy atom. The molecule has 3 aromatic carbocycles. The Bertz CT molecular complexity index is 1490. The van der Waals surface area contributed by atoms with Crippen LogP contribution in [0.5, 0.6) is 5.75 Å². The number of aromatic nitrogens is 4. The van der Waals surface area contributed by atoms with E-state index in [2.05, 4.69) is 34.5 Å². The van der Waals surface area contributed by atoms with Gasteiger partial charge in [-0.3, -0.25) is 13.9 Å². The molecule has 0 amide bonds.